The van der Waals surface area contributed by atoms with Crippen molar-refractivity contribution in [1.82, 2.24) is 0 Å². The van der Waals surface area contributed by atoms with Crippen LogP contribution >= 0.6 is 0 Å². The van der Waals surface area contributed by atoms with Crippen LogP contribution < -0.4 is 15.3 Å². The lowest BCUT2D eigenvalue weighted by molar-refractivity contribution is -0.743. The number of anilines is 1. The van der Waals surface area contributed by atoms with Crippen molar-refractivity contribution in [3.05, 3.63) is 109 Å². The molecule has 0 saturated carbocycles. The second-order valence-corrected chi connectivity index (χ2v) is 10.1. The van der Waals surface area contributed by atoms with E-state index in [1.807, 2.05) is 0 Å². The normalized spacial score (nSPS) is 25.2. The van der Waals surface area contributed by atoms with Crippen LogP contribution in [-0.4, -0.2) is 24.9 Å². The smallest absolute Gasteiger partial charge is 0.248 e. The Bertz CT molecular complexity index is 1280. The second kappa shape index (κ2) is 11.1. The number of nitrogens with one attached hydrogen (secondary N) is 1. The van der Waals surface area contributed by atoms with Crippen LogP contribution in [0, 0.1) is 0 Å². The predicted molar refractivity (Wildman–Crippen MR) is 157 cm³/mol. The summed E-state index contributed by atoms with van der Waals surface area (Å²) in [6.45, 7) is 14.0. The van der Waals surface area contributed by atoms with Gasteiger partial charge >= 0.3 is 0 Å². The van der Waals surface area contributed by atoms with Crippen LogP contribution in [0.25, 0.3) is 5.57 Å². The van der Waals surface area contributed by atoms with Gasteiger partial charge in [-0.1, -0.05) is 54.7 Å². The van der Waals surface area contributed by atoms with Crippen LogP contribution in [0.4, 0.5) is 5.69 Å². The number of fused-ring (bicyclic) bond motifs is 3. The standard InChI is InChI=1S/C32H39BN3/c1-7-15-25(5)26(6)29-18-12-14-22-36(29)32(20-8-2)21-13-11-19-31(35-24(3)4)33-27-16-9-10-17-28(27)34-23-30(32)33/h7-22,24,30,34H,23H2,1-6H3/q+1/b15-7-,19-11-,20-8?,21-13-,26-25+,35-31?. The molecule has 3 nitrogen and oxygen atoms in total. The molecule has 0 amide bonds. The lowest BCUT2D eigenvalue weighted by Crippen LogP contribution is -2.66. The average molecular weight is 476 g/mol. The number of aliphatic imine (C=N–C) groups is 1. The van der Waals surface area contributed by atoms with Crippen LogP contribution in [0.2, 0.25) is 5.82 Å². The molecular formula is C32H39BN3+. The van der Waals surface area contributed by atoms with Crippen LogP contribution in [0.15, 0.2) is 108 Å². The fourth-order valence-corrected chi connectivity index (χ4v) is 5.74. The van der Waals surface area contributed by atoms with Gasteiger partial charge in [0.25, 0.3) is 0 Å². The van der Waals surface area contributed by atoms with Gasteiger partial charge in [-0.3, -0.25) is 4.99 Å². The third-order valence-electron chi connectivity index (χ3n) is 7.38. The quantitative estimate of drug-likeness (QED) is 0.232. The highest BCUT2D eigenvalue weighted by molar-refractivity contribution is 7.04. The zero-order valence-corrected chi connectivity index (χ0v) is 22.6. The summed E-state index contributed by atoms with van der Waals surface area (Å²) in [5, 5.41) is 3.78. The van der Waals surface area contributed by atoms with Gasteiger partial charge in [-0.25, -0.2) is 0 Å². The minimum atomic E-state index is -0.392. The minimum absolute atomic E-state index is 0.156. The van der Waals surface area contributed by atoms with Gasteiger partial charge in [0.1, 0.15) is 0 Å². The van der Waals surface area contributed by atoms with Crippen molar-refractivity contribution in [2.24, 2.45) is 4.99 Å². The van der Waals surface area contributed by atoms with Crippen molar-refractivity contribution in [3.63, 3.8) is 0 Å². The van der Waals surface area contributed by atoms with Crippen molar-refractivity contribution in [1.29, 1.82) is 0 Å². The van der Waals surface area contributed by atoms with E-state index in [1.165, 1.54) is 28.0 Å². The molecule has 36 heavy (non-hydrogen) atoms. The highest BCUT2D eigenvalue weighted by Crippen LogP contribution is 2.38. The van der Waals surface area contributed by atoms with Crippen molar-refractivity contribution >= 4 is 29.0 Å². The van der Waals surface area contributed by atoms with Crippen LogP contribution in [0.5, 0.6) is 0 Å². The van der Waals surface area contributed by atoms with E-state index in [4.69, 9.17) is 4.99 Å². The molecule has 0 spiro atoms. The maximum Gasteiger partial charge on any atom is 0.248 e. The zero-order chi connectivity index (χ0) is 25.7. The Morgan fingerprint density at radius 1 is 1.08 bits per heavy atom. The Hall–Kier alpha value is -3.40. The molecule has 2 aliphatic heterocycles. The number of hydrogen-bond acceptors (Lipinski definition) is 2. The van der Waals surface area contributed by atoms with Crippen LogP contribution in [0.3, 0.4) is 0 Å². The van der Waals surface area contributed by atoms with Crippen LogP contribution in [0.1, 0.15) is 47.2 Å². The summed E-state index contributed by atoms with van der Waals surface area (Å²) in [6, 6.07) is 15.5. The van der Waals surface area contributed by atoms with Gasteiger partial charge in [0.05, 0.1) is 0 Å². The molecule has 4 rings (SSSR count). The fraction of sp³-hybridized carbons (Fsp3) is 0.312. The molecule has 1 N–H and O–H groups in total. The number of pyridine rings is 1. The number of rotatable bonds is 5. The summed E-state index contributed by atoms with van der Waals surface area (Å²) in [5.74, 6) is 0.211. The van der Waals surface area contributed by atoms with Crippen molar-refractivity contribution in [2.75, 3.05) is 11.9 Å². The number of aromatic nitrogens is 1. The van der Waals surface area contributed by atoms with Crippen molar-refractivity contribution < 1.29 is 4.57 Å². The third kappa shape index (κ3) is 4.82. The Kier molecular flexibility index (Phi) is 7.93. The van der Waals surface area contributed by atoms with E-state index in [9.17, 15) is 0 Å². The molecule has 2 unspecified atom stereocenters. The second-order valence-electron chi connectivity index (χ2n) is 10.1. The van der Waals surface area contributed by atoms with E-state index >= 15 is 0 Å². The van der Waals surface area contributed by atoms with Gasteiger partial charge in [0.2, 0.25) is 17.9 Å². The van der Waals surface area contributed by atoms with Gasteiger partial charge in [-0.15, -0.1) is 0 Å². The summed E-state index contributed by atoms with van der Waals surface area (Å²) in [6.07, 6.45) is 20.1. The monoisotopic (exact) mass is 476 g/mol. The molecule has 1 aromatic carbocycles. The summed E-state index contributed by atoms with van der Waals surface area (Å²) >= 11 is 0. The van der Waals surface area contributed by atoms with E-state index in [-0.39, 0.29) is 18.6 Å². The Labute approximate surface area is 217 Å². The first-order chi connectivity index (χ1) is 17.4. The summed E-state index contributed by atoms with van der Waals surface area (Å²) in [5.41, 5.74) is 7.06. The first kappa shape index (κ1) is 25.7. The van der Waals surface area contributed by atoms with E-state index in [2.05, 4.69) is 149 Å². The molecule has 0 bridgehead atoms. The van der Waals surface area contributed by atoms with Gasteiger partial charge in [-0.2, -0.15) is 4.57 Å². The molecule has 1 aromatic heterocycles. The number of benzene rings is 1. The lowest BCUT2D eigenvalue weighted by Gasteiger charge is -2.41. The molecule has 2 atom stereocenters. The molecule has 0 aliphatic carbocycles. The Morgan fingerprint density at radius 3 is 2.61 bits per heavy atom. The fourth-order valence-electron chi connectivity index (χ4n) is 5.74. The van der Waals surface area contributed by atoms with E-state index in [0.29, 0.717) is 0 Å². The largest absolute Gasteiger partial charge is 0.386 e. The topological polar surface area (TPSA) is 28.3 Å². The molecule has 0 saturated heterocycles. The highest BCUT2D eigenvalue weighted by Gasteiger charge is 2.53. The summed E-state index contributed by atoms with van der Waals surface area (Å²) in [4.78, 5) is 5.17. The molecule has 2 aromatic rings. The average Bonchev–Trinajstić information content (AvgIpc) is 2.87. The van der Waals surface area contributed by atoms with Crippen molar-refractivity contribution in [2.45, 2.75) is 58.9 Å². The van der Waals surface area contributed by atoms with E-state index in [1.54, 1.807) is 0 Å². The molecule has 184 valence electrons. The maximum absolute atomic E-state index is 5.17. The number of para-hydroxylation sites is 1. The van der Waals surface area contributed by atoms with Crippen LogP contribution in [-0.2, 0) is 5.54 Å². The first-order valence-electron chi connectivity index (χ1n) is 13.1. The predicted octanol–water partition coefficient (Wildman–Crippen LogP) is 6.33. The lowest BCUT2D eigenvalue weighted by atomic mass is 9.29. The van der Waals surface area contributed by atoms with E-state index < -0.39 is 5.54 Å². The van der Waals surface area contributed by atoms with Gasteiger partial charge in [0.15, 0.2) is 6.20 Å². The molecule has 2 aliphatic rings. The molecule has 4 heteroatoms. The Balaban J connectivity index is 2.05. The first-order valence-corrected chi connectivity index (χ1v) is 13.1. The molecule has 0 fully saturated rings. The number of allylic oxidation sites excluding steroid dienone is 10. The maximum atomic E-state index is 5.17. The SMILES string of the molecule is CC=CC1([n+]2ccccc2/C(C)=C(C)/C=C\C)/C=C\C=C/C(=NC(C)C)B2c3ccccc3NCC21. The number of nitrogens with zero attached hydrogens (tertiary/aromatic N) is 2. The Morgan fingerprint density at radius 2 is 1.86 bits per heavy atom. The zero-order valence-electron chi connectivity index (χ0n) is 22.6. The summed E-state index contributed by atoms with van der Waals surface area (Å²) in [7, 11) is 0. The molecular weight excluding hydrogens is 437 g/mol. The van der Waals surface area contributed by atoms with Gasteiger partial charge in [-0.05, 0) is 76.9 Å². The molecule has 0 radical (unpaired) electrons. The minimum Gasteiger partial charge on any atom is -0.386 e. The third-order valence-corrected chi connectivity index (χ3v) is 7.38. The molecule has 3 heterocycles. The highest BCUT2D eigenvalue weighted by atomic mass is 15.1. The van der Waals surface area contributed by atoms with E-state index in [0.717, 1.165) is 12.2 Å². The number of hydrogen-bond donors (Lipinski definition) is 1. The van der Waals surface area contributed by atoms with Gasteiger partial charge in [0, 0.05) is 47.4 Å². The van der Waals surface area contributed by atoms with Gasteiger partial charge < -0.3 is 5.32 Å². The summed E-state index contributed by atoms with van der Waals surface area (Å²) < 4.78 is 2.48. The van der Waals surface area contributed by atoms with Crippen molar-refractivity contribution in [3.8, 4) is 0 Å².